The van der Waals surface area contributed by atoms with Crippen LogP contribution in [0, 0.1) is 0 Å². The van der Waals surface area contributed by atoms with Crippen LogP contribution in [0.1, 0.15) is 44.9 Å². The lowest BCUT2D eigenvalue weighted by Crippen LogP contribution is -2.52. The van der Waals surface area contributed by atoms with Crippen LogP contribution < -0.4 is 10.2 Å². The van der Waals surface area contributed by atoms with Crippen molar-refractivity contribution in [2.45, 2.75) is 51.5 Å². The Hall–Kier alpha value is -1.98. The highest BCUT2D eigenvalue weighted by atomic mass is 16.2. The maximum Gasteiger partial charge on any atom is 0.241 e. The molecule has 3 heterocycles. The molecular formula is C23H32N4O. The zero-order valence-electron chi connectivity index (χ0n) is 17.4. The third-order valence-corrected chi connectivity index (χ3v) is 6.05. The zero-order chi connectivity index (χ0) is 19.7. The molecule has 1 saturated heterocycles. The Bertz CT molecular complexity index is 811. The van der Waals surface area contributed by atoms with E-state index in [1.807, 2.05) is 11.1 Å². The van der Waals surface area contributed by atoms with Crippen molar-refractivity contribution in [2.75, 3.05) is 37.6 Å². The van der Waals surface area contributed by atoms with Crippen molar-refractivity contribution < 1.29 is 4.79 Å². The number of anilines is 1. The summed E-state index contributed by atoms with van der Waals surface area (Å²) in [6, 6.07) is 2.64. The van der Waals surface area contributed by atoms with Gasteiger partial charge in [0.2, 0.25) is 5.91 Å². The third-order valence-electron chi connectivity index (χ3n) is 6.05. The standard InChI is InChI=1S/C23H32N4O/c1-17-14-26(10-9-24-17)15-21(28)27-16-23(2,3)22-20(27)12-19(13-25-22)11-18-7-5-4-6-8-18/h4-5,7,12-13,17,24H,6,8-11,14-16H2,1-3H3. The predicted octanol–water partition coefficient (Wildman–Crippen LogP) is 2.82. The van der Waals surface area contributed by atoms with Crippen LogP contribution >= 0.6 is 0 Å². The van der Waals surface area contributed by atoms with Crippen molar-refractivity contribution in [1.29, 1.82) is 0 Å². The Balaban J connectivity index is 1.53. The maximum absolute atomic E-state index is 13.2. The fraction of sp³-hybridized carbons (Fsp3) is 0.565. The molecule has 0 saturated carbocycles. The van der Waals surface area contributed by atoms with Gasteiger partial charge in [0.15, 0.2) is 0 Å². The number of piperazine rings is 1. The van der Waals surface area contributed by atoms with Crippen LogP contribution in [0.4, 0.5) is 5.69 Å². The van der Waals surface area contributed by atoms with Crippen LogP contribution in [0.15, 0.2) is 36.1 Å². The molecule has 2 aliphatic heterocycles. The summed E-state index contributed by atoms with van der Waals surface area (Å²) in [6.07, 6.45) is 11.7. The van der Waals surface area contributed by atoms with Gasteiger partial charge < -0.3 is 10.2 Å². The lowest BCUT2D eigenvalue weighted by Gasteiger charge is -2.32. The minimum Gasteiger partial charge on any atom is -0.312 e. The van der Waals surface area contributed by atoms with E-state index < -0.39 is 0 Å². The number of allylic oxidation sites excluding steroid dienone is 4. The Labute approximate surface area is 168 Å². The van der Waals surface area contributed by atoms with E-state index in [2.05, 4.69) is 55.3 Å². The van der Waals surface area contributed by atoms with Gasteiger partial charge in [-0.1, -0.05) is 37.6 Å². The fourth-order valence-corrected chi connectivity index (χ4v) is 4.59. The molecule has 3 aliphatic rings. The van der Waals surface area contributed by atoms with Crippen molar-refractivity contribution in [3.05, 3.63) is 47.3 Å². The van der Waals surface area contributed by atoms with Crippen LogP contribution in [-0.4, -0.2) is 54.6 Å². The van der Waals surface area contributed by atoms with E-state index in [1.54, 1.807) is 0 Å². The molecule has 1 fully saturated rings. The first-order chi connectivity index (χ1) is 13.4. The van der Waals surface area contributed by atoms with Gasteiger partial charge in [0.25, 0.3) is 0 Å². The Morgan fingerprint density at radius 3 is 3.00 bits per heavy atom. The van der Waals surface area contributed by atoms with E-state index in [4.69, 9.17) is 4.98 Å². The quantitative estimate of drug-likeness (QED) is 0.873. The smallest absolute Gasteiger partial charge is 0.241 e. The van der Waals surface area contributed by atoms with Crippen molar-refractivity contribution >= 4 is 11.6 Å². The average Bonchev–Trinajstić information content (AvgIpc) is 2.93. The number of hydrogen-bond acceptors (Lipinski definition) is 4. The highest BCUT2D eigenvalue weighted by Crippen LogP contribution is 2.39. The summed E-state index contributed by atoms with van der Waals surface area (Å²) in [5.41, 5.74) is 4.60. The first-order valence-electron chi connectivity index (χ1n) is 10.5. The molecule has 4 rings (SSSR count). The molecule has 1 N–H and O–H groups in total. The summed E-state index contributed by atoms with van der Waals surface area (Å²) in [7, 11) is 0. The molecule has 0 bridgehead atoms. The number of nitrogens with one attached hydrogen (secondary N) is 1. The van der Waals surface area contributed by atoms with Gasteiger partial charge in [-0.25, -0.2) is 0 Å². The summed E-state index contributed by atoms with van der Waals surface area (Å²) < 4.78 is 0. The number of hydrogen-bond donors (Lipinski definition) is 1. The van der Waals surface area contributed by atoms with Crippen molar-refractivity contribution in [2.24, 2.45) is 0 Å². The van der Waals surface area contributed by atoms with Crippen molar-refractivity contribution in [3.8, 4) is 0 Å². The average molecular weight is 381 g/mol. The summed E-state index contributed by atoms with van der Waals surface area (Å²) in [5.74, 6) is 0.194. The molecule has 1 aliphatic carbocycles. The molecule has 0 spiro atoms. The van der Waals surface area contributed by atoms with Crippen molar-refractivity contribution in [3.63, 3.8) is 0 Å². The summed E-state index contributed by atoms with van der Waals surface area (Å²) >= 11 is 0. The molecule has 1 atom stereocenters. The number of carbonyl (C=O) groups excluding carboxylic acids is 1. The second kappa shape index (κ2) is 7.80. The normalized spacial score (nSPS) is 24.2. The second-order valence-corrected chi connectivity index (χ2v) is 9.13. The molecule has 0 aromatic carbocycles. The number of rotatable bonds is 4. The molecule has 1 amide bonds. The molecule has 5 nitrogen and oxygen atoms in total. The van der Waals surface area contributed by atoms with Gasteiger partial charge in [0.05, 0.1) is 17.9 Å². The van der Waals surface area contributed by atoms with Gasteiger partial charge in [-0.2, -0.15) is 0 Å². The van der Waals surface area contributed by atoms with Crippen molar-refractivity contribution in [1.82, 2.24) is 15.2 Å². The van der Waals surface area contributed by atoms with E-state index in [-0.39, 0.29) is 11.3 Å². The number of aromatic nitrogens is 1. The minimum atomic E-state index is -0.104. The van der Waals surface area contributed by atoms with E-state index in [9.17, 15) is 4.79 Å². The SMILES string of the molecule is CC1CN(CC(=O)N2CC(C)(C)c3ncc(CC4=CC=CCC4)cc32)CCN1. The van der Waals surface area contributed by atoms with Crippen LogP contribution in [0.5, 0.6) is 0 Å². The van der Waals surface area contributed by atoms with Gasteiger partial charge in [-0.15, -0.1) is 0 Å². The van der Waals surface area contributed by atoms with E-state index in [0.717, 1.165) is 50.3 Å². The summed E-state index contributed by atoms with van der Waals surface area (Å²) in [4.78, 5) is 22.2. The lowest BCUT2D eigenvalue weighted by molar-refractivity contribution is -0.120. The Kier molecular flexibility index (Phi) is 5.39. The largest absolute Gasteiger partial charge is 0.312 e. The monoisotopic (exact) mass is 380 g/mol. The third kappa shape index (κ3) is 4.06. The van der Waals surface area contributed by atoms with E-state index in [1.165, 1.54) is 11.1 Å². The topological polar surface area (TPSA) is 48.5 Å². The molecular weight excluding hydrogens is 348 g/mol. The number of nitrogens with zero attached hydrogens (tertiary/aromatic N) is 3. The zero-order valence-corrected chi connectivity index (χ0v) is 17.4. The number of carbonyl (C=O) groups is 1. The minimum absolute atomic E-state index is 0.104. The van der Waals surface area contributed by atoms with Gasteiger partial charge in [0, 0.05) is 43.8 Å². The molecule has 150 valence electrons. The number of fused-ring (bicyclic) bond motifs is 1. The van der Waals surface area contributed by atoms with Gasteiger partial charge in [-0.3, -0.25) is 14.7 Å². The highest BCUT2D eigenvalue weighted by molar-refractivity contribution is 5.97. The van der Waals surface area contributed by atoms with Crippen LogP contribution in [-0.2, 0) is 16.6 Å². The predicted molar refractivity (Wildman–Crippen MR) is 114 cm³/mol. The molecule has 1 unspecified atom stereocenters. The lowest BCUT2D eigenvalue weighted by atomic mass is 9.90. The summed E-state index contributed by atoms with van der Waals surface area (Å²) in [6.45, 7) is 10.6. The molecule has 0 radical (unpaired) electrons. The van der Waals surface area contributed by atoms with Crippen LogP contribution in [0.2, 0.25) is 0 Å². The Morgan fingerprint density at radius 1 is 1.39 bits per heavy atom. The first-order valence-corrected chi connectivity index (χ1v) is 10.5. The second-order valence-electron chi connectivity index (χ2n) is 9.13. The fourth-order valence-electron chi connectivity index (χ4n) is 4.59. The Morgan fingerprint density at radius 2 is 2.25 bits per heavy atom. The van der Waals surface area contributed by atoms with Crippen LogP contribution in [0.3, 0.4) is 0 Å². The molecule has 1 aromatic heterocycles. The number of pyridine rings is 1. The van der Waals surface area contributed by atoms with E-state index in [0.29, 0.717) is 19.1 Å². The molecule has 1 aromatic rings. The van der Waals surface area contributed by atoms with E-state index >= 15 is 0 Å². The highest BCUT2D eigenvalue weighted by Gasteiger charge is 2.40. The first kappa shape index (κ1) is 19.3. The van der Waals surface area contributed by atoms with Gasteiger partial charge in [-0.05, 0) is 37.8 Å². The van der Waals surface area contributed by atoms with Gasteiger partial charge >= 0.3 is 0 Å². The summed E-state index contributed by atoms with van der Waals surface area (Å²) in [5, 5.41) is 3.44. The van der Waals surface area contributed by atoms with Gasteiger partial charge in [0.1, 0.15) is 0 Å². The molecule has 5 heteroatoms. The van der Waals surface area contributed by atoms with Crippen LogP contribution in [0.25, 0.3) is 0 Å². The maximum atomic E-state index is 13.2. The molecule has 28 heavy (non-hydrogen) atoms. The number of amides is 1.